The molecule has 1 fully saturated rings. The zero-order valence-electron chi connectivity index (χ0n) is 14.7. The molecule has 1 saturated heterocycles. The number of hydrogen-bond donors (Lipinski definition) is 0. The van der Waals surface area contributed by atoms with E-state index in [-0.39, 0.29) is 37.0 Å². The molecule has 2 heterocycles. The SMILES string of the molecule is CN1CCN(C(=O)CCC(=O)c2ccc3c(c2)N(C)C(=O)CO3)CC1. The Balaban J connectivity index is 1.60. The van der Waals surface area contributed by atoms with Gasteiger partial charge in [-0.3, -0.25) is 14.4 Å². The Bertz CT molecular complexity index is 696. The van der Waals surface area contributed by atoms with E-state index in [4.69, 9.17) is 4.74 Å². The first-order valence-electron chi connectivity index (χ1n) is 8.48. The Labute approximate surface area is 147 Å². The Kier molecular flexibility index (Phi) is 5.03. The van der Waals surface area contributed by atoms with Crippen molar-refractivity contribution in [3.8, 4) is 5.75 Å². The van der Waals surface area contributed by atoms with Crippen LogP contribution in [0.4, 0.5) is 5.69 Å². The molecular formula is C18H23N3O4. The number of benzene rings is 1. The van der Waals surface area contributed by atoms with Crippen LogP contribution in [0.25, 0.3) is 0 Å². The highest BCUT2D eigenvalue weighted by Gasteiger charge is 2.24. The van der Waals surface area contributed by atoms with Gasteiger partial charge in [0, 0.05) is 51.6 Å². The molecule has 2 aliphatic heterocycles. The lowest BCUT2D eigenvalue weighted by molar-refractivity contribution is -0.132. The molecule has 0 saturated carbocycles. The number of fused-ring (bicyclic) bond motifs is 1. The molecule has 0 spiro atoms. The smallest absolute Gasteiger partial charge is 0.264 e. The lowest BCUT2D eigenvalue weighted by Gasteiger charge is -2.32. The molecule has 0 radical (unpaired) electrons. The highest BCUT2D eigenvalue weighted by molar-refractivity contribution is 6.02. The van der Waals surface area contributed by atoms with Gasteiger partial charge in [-0.15, -0.1) is 0 Å². The van der Waals surface area contributed by atoms with E-state index in [1.165, 1.54) is 4.90 Å². The van der Waals surface area contributed by atoms with Gasteiger partial charge in [-0.1, -0.05) is 0 Å². The van der Waals surface area contributed by atoms with E-state index in [9.17, 15) is 14.4 Å². The topological polar surface area (TPSA) is 70.2 Å². The van der Waals surface area contributed by atoms with Crippen LogP contribution in [0, 0.1) is 0 Å². The Hall–Kier alpha value is -2.41. The van der Waals surface area contributed by atoms with Crippen molar-refractivity contribution < 1.29 is 19.1 Å². The van der Waals surface area contributed by atoms with E-state index in [1.54, 1.807) is 25.2 Å². The van der Waals surface area contributed by atoms with Gasteiger partial charge in [-0.25, -0.2) is 0 Å². The second-order valence-electron chi connectivity index (χ2n) is 6.53. The van der Waals surface area contributed by atoms with Crippen LogP contribution in [0.3, 0.4) is 0 Å². The van der Waals surface area contributed by atoms with Crippen LogP contribution in [0.1, 0.15) is 23.2 Å². The minimum atomic E-state index is -0.151. The first-order valence-corrected chi connectivity index (χ1v) is 8.48. The number of ketones is 1. The van der Waals surface area contributed by atoms with Gasteiger partial charge in [0.1, 0.15) is 5.75 Å². The van der Waals surface area contributed by atoms with E-state index < -0.39 is 0 Å². The Morgan fingerprint density at radius 1 is 1.08 bits per heavy atom. The molecule has 2 aliphatic rings. The standard InChI is InChI=1S/C18H23N3O4/c1-19-7-9-21(10-8-19)17(23)6-4-15(22)13-3-5-16-14(11-13)20(2)18(24)12-25-16/h3,5,11H,4,6-10,12H2,1-2H3. The molecule has 134 valence electrons. The van der Waals surface area contributed by atoms with Crippen molar-refractivity contribution in [2.24, 2.45) is 0 Å². The number of amides is 2. The van der Waals surface area contributed by atoms with Crippen LogP contribution in [-0.2, 0) is 9.59 Å². The monoisotopic (exact) mass is 345 g/mol. The third-order valence-corrected chi connectivity index (χ3v) is 4.79. The van der Waals surface area contributed by atoms with Crippen LogP contribution >= 0.6 is 0 Å². The molecule has 1 aromatic rings. The fourth-order valence-corrected chi connectivity index (χ4v) is 3.02. The zero-order valence-corrected chi connectivity index (χ0v) is 14.7. The lowest BCUT2D eigenvalue weighted by Crippen LogP contribution is -2.47. The number of rotatable bonds is 4. The molecule has 7 nitrogen and oxygen atoms in total. The van der Waals surface area contributed by atoms with Gasteiger partial charge in [0.05, 0.1) is 5.69 Å². The van der Waals surface area contributed by atoms with Crippen LogP contribution in [0.5, 0.6) is 5.75 Å². The molecule has 2 amide bonds. The maximum atomic E-state index is 12.4. The van der Waals surface area contributed by atoms with Gasteiger partial charge in [-0.05, 0) is 25.2 Å². The second-order valence-corrected chi connectivity index (χ2v) is 6.53. The maximum Gasteiger partial charge on any atom is 0.264 e. The van der Waals surface area contributed by atoms with Crippen LogP contribution in [0.15, 0.2) is 18.2 Å². The number of carbonyl (C=O) groups excluding carboxylic acids is 3. The normalized spacial score (nSPS) is 17.9. The Morgan fingerprint density at radius 2 is 1.80 bits per heavy atom. The van der Waals surface area contributed by atoms with E-state index in [0.717, 1.165) is 13.1 Å². The Morgan fingerprint density at radius 3 is 2.52 bits per heavy atom. The summed E-state index contributed by atoms with van der Waals surface area (Å²) in [7, 11) is 3.70. The summed E-state index contributed by atoms with van der Waals surface area (Å²) in [5.74, 6) is 0.362. The molecule has 1 aromatic carbocycles. The first kappa shape index (κ1) is 17.4. The van der Waals surface area contributed by atoms with Gasteiger partial charge in [-0.2, -0.15) is 0 Å². The van der Waals surface area contributed by atoms with Crippen molar-refractivity contribution in [3.05, 3.63) is 23.8 Å². The summed E-state index contributed by atoms with van der Waals surface area (Å²) in [6.45, 7) is 3.17. The van der Waals surface area contributed by atoms with E-state index in [2.05, 4.69) is 4.90 Å². The second kappa shape index (κ2) is 7.23. The molecule has 0 N–H and O–H groups in total. The minimum Gasteiger partial charge on any atom is -0.482 e. The fraction of sp³-hybridized carbons (Fsp3) is 0.500. The zero-order chi connectivity index (χ0) is 18.0. The van der Waals surface area contributed by atoms with Crippen LogP contribution in [0.2, 0.25) is 0 Å². The molecular weight excluding hydrogens is 322 g/mol. The van der Waals surface area contributed by atoms with Gasteiger partial charge >= 0.3 is 0 Å². The van der Waals surface area contributed by atoms with Gasteiger partial charge < -0.3 is 19.4 Å². The average Bonchev–Trinajstić information content (AvgIpc) is 2.63. The fourth-order valence-electron chi connectivity index (χ4n) is 3.02. The molecule has 3 rings (SSSR count). The summed E-state index contributed by atoms with van der Waals surface area (Å²) in [6.07, 6.45) is 0.382. The largest absolute Gasteiger partial charge is 0.482 e. The van der Waals surface area contributed by atoms with Crippen molar-refractivity contribution in [3.63, 3.8) is 0 Å². The van der Waals surface area contributed by atoms with Gasteiger partial charge in [0.2, 0.25) is 5.91 Å². The average molecular weight is 345 g/mol. The highest BCUT2D eigenvalue weighted by atomic mass is 16.5. The van der Waals surface area contributed by atoms with Gasteiger partial charge in [0.25, 0.3) is 5.91 Å². The number of anilines is 1. The minimum absolute atomic E-state index is 0.0102. The highest BCUT2D eigenvalue weighted by Crippen LogP contribution is 2.32. The van der Waals surface area contributed by atoms with Crippen LogP contribution in [-0.4, -0.2) is 74.3 Å². The first-order chi connectivity index (χ1) is 12.0. The van der Waals surface area contributed by atoms with Crippen LogP contribution < -0.4 is 9.64 Å². The quantitative estimate of drug-likeness (QED) is 0.754. The maximum absolute atomic E-state index is 12.4. The summed E-state index contributed by atoms with van der Waals surface area (Å²) in [5, 5.41) is 0. The number of nitrogens with zero attached hydrogens (tertiary/aromatic N) is 3. The van der Waals surface area contributed by atoms with Crippen molar-refractivity contribution in [2.45, 2.75) is 12.8 Å². The molecule has 0 aromatic heterocycles. The molecule has 25 heavy (non-hydrogen) atoms. The lowest BCUT2D eigenvalue weighted by atomic mass is 10.0. The molecule has 0 aliphatic carbocycles. The molecule has 0 bridgehead atoms. The van der Waals surface area contributed by atoms with E-state index in [1.807, 2.05) is 11.9 Å². The summed E-state index contributed by atoms with van der Waals surface area (Å²) in [6, 6.07) is 5.05. The number of hydrogen-bond acceptors (Lipinski definition) is 5. The molecule has 7 heteroatoms. The predicted octanol–water partition coefficient (Wildman–Crippen LogP) is 0.779. The van der Waals surface area contributed by atoms with Gasteiger partial charge in [0.15, 0.2) is 12.4 Å². The third-order valence-electron chi connectivity index (χ3n) is 4.79. The van der Waals surface area contributed by atoms with Crippen molar-refractivity contribution in [1.82, 2.24) is 9.80 Å². The summed E-state index contributed by atoms with van der Waals surface area (Å²) in [4.78, 5) is 41.9. The summed E-state index contributed by atoms with van der Waals surface area (Å²) < 4.78 is 5.36. The van der Waals surface area contributed by atoms with E-state index in [0.29, 0.717) is 30.1 Å². The molecule has 0 unspecified atom stereocenters. The predicted molar refractivity (Wildman–Crippen MR) is 93.0 cm³/mol. The summed E-state index contributed by atoms with van der Waals surface area (Å²) in [5.41, 5.74) is 1.09. The number of likely N-dealkylation sites (N-methyl/N-ethyl adjacent to an activating group) is 2. The number of Topliss-reactive ketones (excluding diaryl/α,β-unsaturated/α-hetero) is 1. The molecule has 0 atom stereocenters. The number of piperazine rings is 1. The summed E-state index contributed by atoms with van der Waals surface area (Å²) >= 11 is 0. The third kappa shape index (κ3) is 3.82. The van der Waals surface area contributed by atoms with E-state index >= 15 is 0 Å². The van der Waals surface area contributed by atoms with Crippen molar-refractivity contribution >= 4 is 23.3 Å². The van der Waals surface area contributed by atoms with Crippen molar-refractivity contribution in [2.75, 3.05) is 51.8 Å². The number of carbonyl (C=O) groups is 3. The van der Waals surface area contributed by atoms with Crippen molar-refractivity contribution in [1.29, 1.82) is 0 Å². The number of ether oxygens (including phenoxy) is 1.